The third-order valence-electron chi connectivity index (χ3n) is 5.11. The first-order valence-electron chi connectivity index (χ1n) is 10.5. The summed E-state index contributed by atoms with van der Waals surface area (Å²) >= 11 is 0. The van der Waals surface area contributed by atoms with E-state index in [0.29, 0.717) is 39.9 Å². The summed E-state index contributed by atoms with van der Waals surface area (Å²) in [6.07, 6.45) is 2.96. The van der Waals surface area contributed by atoms with E-state index in [-0.39, 0.29) is 17.1 Å². The summed E-state index contributed by atoms with van der Waals surface area (Å²) in [5.74, 6) is 1.34. The number of ketones is 1. The van der Waals surface area contributed by atoms with E-state index < -0.39 is 5.97 Å². The van der Waals surface area contributed by atoms with E-state index in [9.17, 15) is 9.59 Å². The van der Waals surface area contributed by atoms with Gasteiger partial charge in [-0.1, -0.05) is 18.2 Å². The number of carbonyl (C=O) groups is 2. The predicted octanol–water partition coefficient (Wildman–Crippen LogP) is 4.84. The minimum Gasteiger partial charge on any atom is -0.497 e. The molecule has 0 radical (unpaired) electrons. The number of rotatable bonds is 10. The van der Waals surface area contributed by atoms with Crippen LogP contribution in [0.15, 0.2) is 60.7 Å². The van der Waals surface area contributed by atoms with E-state index >= 15 is 0 Å². The molecule has 0 amide bonds. The van der Waals surface area contributed by atoms with Crippen LogP contribution in [0, 0.1) is 0 Å². The summed E-state index contributed by atoms with van der Waals surface area (Å²) in [6.45, 7) is 0. The Morgan fingerprint density at radius 1 is 0.686 bits per heavy atom. The Morgan fingerprint density at radius 2 is 1.34 bits per heavy atom. The van der Waals surface area contributed by atoms with Crippen molar-refractivity contribution in [1.82, 2.24) is 0 Å². The monoisotopic (exact) mass is 478 g/mol. The van der Waals surface area contributed by atoms with Gasteiger partial charge in [0.05, 0.1) is 46.7 Å². The summed E-state index contributed by atoms with van der Waals surface area (Å²) in [7, 11) is 7.41. The van der Waals surface area contributed by atoms with Gasteiger partial charge in [0.2, 0.25) is 5.75 Å². The number of benzene rings is 3. The SMILES string of the molecule is COc1ccc(C(=O)C=Cc2ccccc2OC(=O)c2cc(OC)c(OC)c(OC)c2)c(OC)c1. The fourth-order valence-corrected chi connectivity index (χ4v) is 3.33. The molecule has 0 unspecified atom stereocenters. The van der Waals surface area contributed by atoms with Crippen molar-refractivity contribution < 1.29 is 38.0 Å². The standard InChI is InChI=1S/C27H26O8/c1-30-19-11-12-20(23(16-19)31-2)21(28)13-10-17-8-6-7-9-22(17)35-27(29)18-14-24(32-3)26(34-5)25(15-18)33-4/h6-16H,1-5H3. The van der Waals surface area contributed by atoms with Crippen molar-refractivity contribution in [2.24, 2.45) is 0 Å². The molecule has 0 bridgehead atoms. The average molecular weight is 478 g/mol. The molecule has 3 aromatic carbocycles. The first-order valence-corrected chi connectivity index (χ1v) is 10.5. The van der Waals surface area contributed by atoms with Crippen molar-refractivity contribution in [3.63, 3.8) is 0 Å². The molecule has 0 N–H and O–H groups in total. The van der Waals surface area contributed by atoms with Crippen LogP contribution in [0.25, 0.3) is 6.08 Å². The van der Waals surface area contributed by atoms with Crippen molar-refractivity contribution >= 4 is 17.8 Å². The maximum Gasteiger partial charge on any atom is 0.343 e. The Morgan fingerprint density at radius 3 is 1.94 bits per heavy atom. The highest BCUT2D eigenvalue weighted by Crippen LogP contribution is 2.38. The Balaban J connectivity index is 1.86. The van der Waals surface area contributed by atoms with E-state index in [1.807, 2.05) is 0 Å². The minimum atomic E-state index is -0.631. The molecule has 35 heavy (non-hydrogen) atoms. The maximum atomic E-state index is 12.9. The number of methoxy groups -OCH3 is 5. The van der Waals surface area contributed by atoms with Crippen LogP contribution in [0.2, 0.25) is 0 Å². The molecule has 182 valence electrons. The van der Waals surface area contributed by atoms with E-state index in [4.69, 9.17) is 28.4 Å². The van der Waals surface area contributed by atoms with Gasteiger partial charge in [-0.25, -0.2) is 4.79 Å². The maximum absolute atomic E-state index is 12.9. The summed E-state index contributed by atoms with van der Waals surface area (Å²) in [4.78, 5) is 25.7. The molecule has 0 fully saturated rings. The third-order valence-corrected chi connectivity index (χ3v) is 5.11. The Bertz CT molecular complexity index is 1220. The zero-order valence-corrected chi connectivity index (χ0v) is 20.1. The molecule has 0 heterocycles. The molecule has 3 rings (SSSR count). The number of esters is 1. The van der Waals surface area contributed by atoms with Crippen molar-refractivity contribution in [2.45, 2.75) is 0 Å². The molecule has 0 aliphatic heterocycles. The van der Waals surface area contributed by atoms with Gasteiger partial charge in [0, 0.05) is 11.6 Å². The quantitative estimate of drug-likeness (QED) is 0.177. The van der Waals surface area contributed by atoms with Crippen molar-refractivity contribution in [3.05, 3.63) is 77.4 Å². The largest absolute Gasteiger partial charge is 0.497 e. The molecular weight excluding hydrogens is 452 g/mol. The van der Waals surface area contributed by atoms with Gasteiger partial charge in [-0.3, -0.25) is 4.79 Å². The van der Waals surface area contributed by atoms with Crippen LogP contribution in [-0.2, 0) is 0 Å². The number of hydrogen-bond donors (Lipinski definition) is 0. The second kappa shape index (κ2) is 11.6. The molecule has 8 nitrogen and oxygen atoms in total. The van der Waals surface area contributed by atoms with E-state index in [0.717, 1.165) is 0 Å². The van der Waals surface area contributed by atoms with Gasteiger partial charge in [-0.05, 0) is 42.5 Å². The molecule has 0 saturated carbocycles. The van der Waals surface area contributed by atoms with Crippen LogP contribution in [0.1, 0.15) is 26.3 Å². The molecule has 0 aliphatic rings. The Labute approximate surface area is 203 Å². The fourth-order valence-electron chi connectivity index (χ4n) is 3.33. The molecular formula is C27H26O8. The fraction of sp³-hybridized carbons (Fsp3) is 0.185. The van der Waals surface area contributed by atoms with Gasteiger partial charge in [0.25, 0.3) is 0 Å². The van der Waals surface area contributed by atoms with Gasteiger partial charge < -0.3 is 28.4 Å². The molecule has 0 aromatic heterocycles. The molecule has 0 aliphatic carbocycles. The van der Waals surface area contributed by atoms with E-state index in [2.05, 4.69) is 0 Å². The van der Waals surface area contributed by atoms with Gasteiger partial charge in [-0.15, -0.1) is 0 Å². The lowest BCUT2D eigenvalue weighted by Gasteiger charge is -2.14. The smallest absolute Gasteiger partial charge is 0.343 e. The number of ether oxygens (including phenoxy) is 6. The molecule has 3 aromatic rings. The first kappa shape index (κ1) is 25.2. The number of para-hydroxylation sites is 1. The van der Waals surface area contributed by atoms with Gasteiger partial charge in [-0.2, -0.15) is 0 Å². The first-order chi connectivity index (χ1) is 16.9. The Kier molecular flexibility index (Phi) is 8.34. The molecule has 0 saturated heterocycles. The zero-order chi connectivity index (χ0) is 25.4. The van der Waals surface area contributed by atoms with Gasteiger partial charge >= 0.3 is 5.97 Å². The molecule has 0 atom stereocenters. The Hall–Kier alpha value is -4.46. The summed E-state index contributed by atoms with van der Waals surface area (Å²) < 4.78 is 32.0. The van der Waals surface area contributed by atoms with Crippen LogP contribution in [-0.4, -0.2) is 47.3 Å². The van der Waals surface area contributed by atoms with Crippen molar-refractivity contribution in [2.75, 3.05) is 35.5 Å². The highest BCUT2D eigenvalue weighted by Gasteiger charge is 2.19. The normalized spacial score (nSPS) is 10.5. The lowest BCUT2D eigenvalue weighted by Crippen LogP contribution is -2.10. The van der Waals surface area contributed by atoms with E-state index in [1.165, 1.54) is 53.8 Å². The number of allylic oxidation sites excluding steroid dienone is 1. The number of hydrogen-bond acceptors (Lipinski definition) is 8. The van der Waals surface area contributed by atoms with Gasteiger partial charge in [0.15, 0.2) is 17.3 Å². The highest BCUT2D eigenvalue weighted by atomic mass is 16.5. The summed E-state index contributed by atoms with van der Waals surface area (Å²) in [6, 6.07) is 14.8. The number of carbonyl (C=O) groups excluding carboxylic acids is 2. The second-order valence-electron chi connectivity index (χ2n) is 7.11. The van der Waals surface area contributed by atoms with Crippen molar-refractivity contribution in [1.29, 1.82) is 0 Å². The third kappa shape index (κ3) is 5.73. The van der Waals surface area contributed by atoms with Crippen LogP contribution < -0.4 is 28.4 Å². The average Bonchev–Trinajstić information content (AvgIpc) is 2.90. The lowest BCUT2D eigenvalue weighted by molar-refractivity contribution is 0.0733. The minimum absolute atomic E-state index is 0.206. The molecule has 8 heteroatoms. The summed E-state index contributed by atoms with van der Waals surface area (Å²) in [5.41, 5.74) is 1.11. The summed E-state index contributed by atoms with van der Waals surface area (Å²) in [5, 5.41) is 0. The predicted molar refractivity (Wildman–Crippen MR) is 130 cm³/mol. The second-order valence-corrected chi connectivity index (χ2v) is 7.11. The van der Waals surface area contributed by atoms with Crippen LogP contribution >= 0.6 is 0 Å². The van der Waals surface area contributed by atoms with Crippen LogP contribution in [0.3, 0.4) is 0 Å². The van der Waals surface area contributed by atoms with Gasteiger partial charge in [0.1, 0.15) is 17.2 Å². The zero-order valence-electron chi connectivity index (χ0n) is 20.1. The lowest BCUT2D eigenvalue weighted by atomic mass is 10.1. The van der Waals surface area contributed by atoms with E-state index in [1.54, 1.807) is 48.5 Å². The molecule has 0 spiro atoms. The topological polar surface area (TPSA) is 89.5 Å². The van der Waals surface area contributed by atoms with Crippen LogP contribution in [0.5, 0.6) is 34.5 Å². The van der Waals surface area contributed by atoms with Crippen LogP contribution in [0.4, 0.5) is 0 Å². The van der Waals surface area contributed by atoms with Crippen molar-refractivity contribution in [3.8, 4) is 34.5 Å². The highest BCUT2D eigenvalue weighted by molar-refractivity contribution is 6.09.